The first kappa shape index (κ1) is 28.7. The van der Waals surface area contributed by atoms with E-state index in [1.165, 1.54) is 19.1 Å². The van der Waals surface area contributed by atoms with Crippen molar-refractivity contribution < 1.29 is 26.4 Å². The van der Waals surface area contributed by atoms with Crippen molar-refractivity contribution in [3.63, 3.8) is 0 Å². The highest BCUT2D eigenvalue weighted by molar-refractivity contribution is 7.92. The number of rotatable bonds is 6. The molecule has 1 saturated heterocycles. The summed E-state index contributed by atoms with van der Waals surface area (Å²) in [7, 11) is -3.46. The minimum Gasteiger partial charge on any atom is -0.380 e. The fraction of sp³-hybridized carbons (Fsp3) is 0.296. The Morgan fingerprint density at radius 3 is 2.63 bits per heavy atom. The zero-order chi connectivity index (χ0) is 29.5. The predicted molar refractivity (Wildman–Crippen MR) is 151 cm³/mol. The monoisotopic (exact) mass is 606 g/mol. The van der Waals surface area contributed by atoms with Gasteiger partial charge in [0.1, 0.15) is 11.5 Å². The van der Waals surface area contributed by atoms with E-state index in [4.69, 9.17) is 11.6 Å². The van der Waals surface area contributed by atoms with Crippen molar-refractivity contribution in [3.8, 4) is 11.3 Å². The molecule has 2 atom stereocenters. The molecule has 0 spiro atoms. The third kappa shape index (κ3) is 6.73. The summed E-state index contributed by atoms with van der Waals surface area (Å²) in [6, 6.07) is 11.8. The van der Waals surface area contributed by atoms with E-state index in [0.29, 0.717) is 46.1 Å². The molecule has 3 N–H and O–H groups in total. The maximum absolute atomic E-state index is 13.6. The molecule has 3 heterocycles. The Kier molecular flexibility index (Phi) is 7.60. The first-order valence-corrected chi connectivity index (χ1v) is 14.8. The Labute approximate surface area is 239 Å². The number of alkyl halides is 3. The molecule has 1 fully saturated rings. The van der Waals surface area contributed by atoms with Crippen molar-refractivity contribution in [2.24, 2.45) is 0 Å². The smallest absolute Gasteiger partial charge is 0.380 e. The Morgan fingerprint density at radius 1 is 1.15 bits per heavy atom. The molecule has 0 unspecified atom stereocenters. The highest BCUT2D eigenvalue weighted by Gasteiger charge is 2.35. The molecule has 0 aliphatic carbocycles. The van der Waals surface area contributed by atoms with Gasteiger partial charge >= 0.3 is 6.18 Å². The Hall–Kier alpha value is -3.84. The van der Waals surface area contributed by atoms with Gasteiger partial charge in [-0.3, -0.25) is 9.52 Å². The summed E-state index contributed by atoms with van der Waals surface area (Å²) in [5.41, 5.74) is 1.07. The first-order valence-electron chi connectivity index (χ1n) is 12.6. The van der Waals surface area contributed by atoms with Crippen molar-refractivity contribution >= 4 is 49.8 Å². The molecular formula is C27H26ClF3N6O3S. The number of likely N-dealkylation sites (tertiary alicyclic amines) is 1. The van der Waals surface area contributed by atoms with Crippen LogP contribution < -0.4 is 10.0 Å². The van der Waals surface area contributed by atoms with E-state index in [2.05, 4.69) is 25.0 Å². The fourth-order valence-electron chi connectivity index (χ4n) is 5.00. The largest absolute Gasteiger partial charge is 0.433 e. The molecule has 0 radical (unpaired) electrons. The van der Waals surface area contributed by atoms with Gasteiger partial charge in [0.05, 0.1) is 23.7 Å². The standard InChI is InChI=1S/C27H26ClF3N6O3S/c1-15(38)37-13-17(26-32-12-24(35-26)16-4-3-5-19(8-16)36-41(2,39)40)9-20(14-37)33-23-11-25(27(29,30)31)34-22-7-6-18(28)10-21(22)23/h3-8,10-12,17,20,36H,9,13-14H2,1-2H3,(H,32,35)(H,33,34)/t17-,20+/m0/s1. The molecule has 5 rings (SSSR count). The Bertz CT molecular complexity index is 1730. The van der Waals surface area contributed by atoms with Crippen LogP contribution in [-0.4, -0.2) is 59.6 Å². The van der Waals surface area contributed by atoms with E-state index < -0.39 is 27.9 Å². The minimum absolute atomic E-state index is 0.144. The number of nitrogens with one attached hydrogen (secondary N) is 3. The number of hydrogen-bond donors (Lipinski definition) is 3. The van der Waals surface area contributed by atoms with Gasteiger partial charge in [-0.15, -0.1) is 0 Å². The number of pyridine rings is 1. The number of imidazole rings is 1. The number of anilines is 2. The summed E-state index contributed by atoms with van der Waals surface area (Å²) in [5, 5.41) is 4.01. The van der Waals surface area contributed by atoms with Gasteiger partial charge in [0.2, 0.25) is 15.9 Å². The van der Waals surface area contributed by atoms with E-state index in [1.807, 2.05) is 0 Å². The quantitative estimate of drug-likeness (QED) is 0.267. The highest BCUT2D eigenvalue weighted by atomic mass is 35.5. The number of piperidine rings is 1. The summed E-state index contributed by atoms with van der Waals surface area (Å²) in [5.74, 6) is 0.166. The van der Waals surface area contributed by atoms with E-state index in [1.54, 1.807) is 41.4 Å². The number of halogens is 4. The number of hydrogen-bond acceptors (Lipinski definition) is 6. The van der Waals surface area contributed by atoms with E-state index in [-0.39, 0.29) is 29.6 Å². The van der Waals surface area contributed by atoms with Crippen LogP contribution in [0.5, 0.6) is 0 Å². The number of carbonyl (C=O) groups is 1. The van der Waals surface area contributed by atoms with Crippen molar-refractivity contribution in [2.75, 3.05) is 29.4 Å². The molecule has 1 amide bonds. The van der Waals surface area contributed by atoms with E-state index in [0.717, 1.165) is 12.3 Å². The number of carbonyl (C=O) groups excluding carboxylic acids is 1. The molecule has 2 aromatic heterocycles. The molecule has 1 aliphatic rings. The van der Waals surface area contributed by atoms with Crippen LogP contribution >= 0.6 is 11.6 Å². The molecular weight excluding hydrogens is 581 g/mol. The van der Waals surface area contributed by atoms with Crippen molar-refractivity contribution in [1.29, 1.82) is 0 Å². The first-order chi connectivity index (χ1) is 19.2. The van der Waals surface area contributed by atoms with Crippen molar-refractivity contribution in [3.05, 3.63) is 71.3 Å². The van der Waals surface area contributed by atoms with E-state index >= 15 is 0 Å². The lowest BCUT2D eigenvalue weighted by Crippen LogP contribution is -2.47. The second-order valence-electron chi connectivity index (χ2n) is 10.0. The van der Waals surface area contributed by atoms with Crippen LogP contribution in [0.4, 0.5) is 24.5 Å². The predicted octanol–water partition coefficient (Wildman–Crippen LogP) is 5.49. The number of fused-ring (bicyclic) bond motifs is 1. The molecule has 41 heavy (non-hydrogen) atoms. The number of aromatic amines is 1. The minimum atomic E-state index is -4.65. The molecule has 0 bridgehead atoms. The molecule has 9 nitrogen and oxygen atoms in total. The average Bonchev–Trinajstić information content (AvgIpc) is 3.38. The van der Waals surface area contributed by atoms with Crippen molar-refractivity contribution in [2.45, 2.75) is 31.5 Å². The molecule has 0 saturated carbocycles. The van der Waals surface area contributed by atoms with Gasteiger partial charge in [0.15, 0.2) is 0 Å². The number of benzene rings is 2. The number of sulfonamides is 1. The number of aromatic nitrogens is 3. The third-order valence-corrected chi connectivity index (χ3v) is 7.62. The summed E-state index contributed by atoms with van der Waals surface area (Å²) >= 11 is 6.15. The van der Waals surface area contributed by atoms with Gasteiger partial charge in [-0.2, -0.15) is 13.2 Å². The summed E-state index contributed by atoms with van der Waals surface area (Å²) in [4.78, 5) is 25.6. The lowest BCUT2D eigenvalue weighted by Gasteiger charge is -2.37. The third-order valence-electron chi connectivity index (χ3n) is 6.78. The second kappa shape index (κ2) is 10.9. The number of nitrogens with zero attached hydrogens (tertiary/aromatic N) is 3. The van der Waals surface area contributed by atoms with Gasteiger partial charge in [-0.05, 0) is 42.8 Å². The van der Waals surface area contributed by atoms with Crippen LogP contribution in [0.3, 0.4) is 0 Å². The number of amides is 1. The molecule has 216 valence electrons. The van der Waals surface area contributed by atoms with Crippen molar-refractivity contribution in [1.82, 2.24) is 19.9 Å². The van der Waals surface area contributed by atoms with Gasteiger partial charge in [0, 0.05) is 59.3 Å². The molecule has 14 heteroatoms. The zero-order valence-electron chi connectivity index (χ0n) is 22.0. The normalized spacial score (nSPS) is 18.0. The SMILES string of the molecule is CC(=O)N1C[C@H](Nc2cc(C(F)(F)F)nc3ccc(Cl)cc23)C[C@H](c2ncc(-c3cccc(NS(C)(=O)=O)c3)[nH]2)C1. The summed E-state index contributed by atoms with van der Waals surface area (Å²) in [6.45, 7) is 2.09. The topological polar surface area (TPSA) is 120 Å². The van der Waals surface area contributed by atoms with Crippen LogP contribution in [0.1, 0.15) is 30.8 Å². The fourth-order valence-corrected chi connectivity index (χ4v) is 5.72. The Morgan fingerprint density at radius 2 is 1.93 bits per heavy atom. The van der Waals surface area contributed by atoms with Crippen LogP contribution in [-0.2, 0) is 21.0 Å². The lowest BCUT2D eigenvalue weighted by molar-refractivity contribution is -0.140. The van der Waals surface area contributed by atoms with E-state index in [9.17, 15) is 26.4 Å². The molecule has 1 aliphatic heterocycles. The van der Waals surface area contributed by atoms with Crippen LogP contribution in [0.15, 0.2) is 54.7 Å². The van der Waals surface area contributed by atoms with Gasteiger partial charge in [0.25, 0.3) is 0 Å². The van der Waals surface area contributed by atoms with Crippen LogP contribution in [0, 0.1) is 0 Å². The maximum Gasteiger partial charge on any atom is 0.433 e. The summed E-state index contributed by atoms with van der Waals surface area (Å²) in [6.07, 6.45) is -1.49. The van der Waals surface area contributed by atoms with Gasteiger partial charge < -0.3 is 15.2 Å². The number of H-pyrrole nitrogens is 1. The average molecular weight is 607 g/mol. The summed E-state index contributed by atoms with van der Waals surface area (Å²) < 4.78 is 66.6. The molecule has 2 aromatic carbocycles. The zero-order valence-corrected chi connectivity index (χ0v) is 23.5. The highest BCUT2D eigenvalue weighted by Crippen LogP contribution is 2.36. The maximum atomic E-state index is 13.6. The lowest BCUT2D eigenvalue weighted by atomic mass is 9.93. The van der Waals surface area contributed by atoms with Crippen LogP contribution in [0.2, 0.25) is 5.02 Å². The van der Waals surface area contributed by atoms with Gasteiger partial charge in [-0.25, -0.2) is 18.4 Å². The molecule has 4 aromatic rings. The van der Waals surface area contributed by atoms with Crippen LogP contribution in [0.25, 0.3) is 22.2 Å². The Balaban J connectivity index is 1.44. The van der Waals surface area contributed by atoms with Gasteiger partial charge in [-0.1, -0.05) is 23.7 Å². The second-order valence-corrected chi connectivity index (χ2v) is 12.2.